The predicted molar refractivity (Wildman–Crippen MR) is 338 cm³/mol. The average Bonchev–Trinajstić information content (AvgIpc) is 1.67. The molecule has 6 aromatic heterocycles. The summed E-state index contributed by atoms with van der Waals surface area (Å²) in [5, 5.41) is 17.2. The van der Waals surface area contributed by atoms with E-state index in [2.05, 4.69) is 80.3 Å². The van der Waals surface area contributed by atoms with Crippen LogP contribution in [0.5, 0.6) is 34.5 Å². The third-order valence-corrected chi connectivity index (χ3v) is 18.2. The zero-order chi connectivity index (χ0) is 63.2. The highest BCUT2D eigenvalue weighted by Gasteiger charge is 2.37. The number of nitrogens with one attached hydrogen (secondary N) is 2. The molecule has 3 N–H and O–H groups in total. The fourth-order valence-electron chi connectivity index (χ4n) is 11.8. The van der Waals surface area contributed by atoms with Crippen LogP contribution in [0.15, 0.2) is 111 Å². The maximum atomic E-state index is 13.0. The van der Waals surface area contributed by atoms with E-state index in [9.17, 15) is 14.7 Å². The Balaban J connectivity index is 0.000000132. The molecule has 5 aliphatic rings. The number of carbonyl (C=O) groups is 2. The van der Waals surface area contributed by atoms with Crippen LogP contribution in [0.1, 0.15) is 84.4 Å². The highest BCUT2D eigenvalue weighted by Crippen LogP contribution is 2.37. The van der Waals surface area contributed by atoms with Crippen molar-refractivity contribution < 1.29 is 43.1 Å². The van der Waals surface area contributed by atoms with Crippen LogP contribution in [0.2, 0.25) is 0 Å². The van der Waals surface area contributed by atoms with Crippen molar-refractivity contribution >= 4 is 29.2 Å². The first-order valence-electron chi connectivity index (χ1n) is 30.6. The standard InChI is InChI=1S/C23H30N6O3.C22H26N6O3.C19H21N5O3S/c1-16-22(25-23(27(16)3)29-7-6-24-14-29)19-11-18(30)13-28(19)9-8-26(2)12-17-4-5-20-21(10-17)32-15-31-20;1-15-20(25-22(26(15)2)27-11-9-23-13-27)28-10-3-4-17(28)21(29)24-8-7-16-5-6-18-19(12-16)31-14-30-18;1-19(2,17-22-18(23-28-17)24-9-8-20-11-24)16(25)21-7-3-4-13-5-6-14-15(10-13)27-12-26-14/h4-7,10,14,18-19,30H,8-9,11-13,15H2,1-3H3;5-6,9,11-13,17H,3-4,7-8,10,14H2,1-2H3,(H,24,29);5-6,8-11H,3-4,7,12H2,1-2H3,(H,21,25). The minimum Gasteiger partial charge on any atom is -0.454 e. The van der Waals surface area contributed by atoms with Crippen LogP contribution in [0.4, 0.5) is 5.82 Å². The van der Waals surface area contributed by atoms with Crippen LogP contribution in [-0.2, 0) is 48.5 Å². The summed E-state index contributed by atoms with van der Waals surface area (Å²) in [5.41, 5.74) is 5.89. The molecule has 14 rings (SSSR count). The summed E-state index contributed by atoms with van der Waals surface area (Å²) in [6.07, 6.45) is 20.4. The fraction of sp³-hybridized carbons (Fsp3) is 0.422. The number of imidazole rings is 5. The summed E-state index contributed by atoms with van der Waals surface area (Å²) >= 11 is 1.23. The number of hydrogen-bond donors (Lipinski definition) is 3. The molecule has 26 nitrogen and oxygen atoms in total. The van der Waals surface area contributed by atoms with Gasteiger partial charge in [0.2, 0.25) is 50.0 Å². The van der Waals surface area contributed by atoms with E-state index in [1.807, 2.05) is 103 Å². The lowest BCUT2D eigenvalue weighted by atomic mass is 9.93. The monoisotopic (exact) mass is 1260 g/mol. The number of fused-ring (bicyclic) bond motifs is 3. The molecule has 5 aliphatic heterocycles. The minimum atomic E-state index is -0.755. The highest BCUT2D eigenvalue weighted by atomic mass is 32.1. The Labute approximate surface area is 531 Å². The Morgan fingerprint density at radius 2 is 1.27 bits per heavy atom. The minimum absolute atomic E-state index is 0.0486. The van der Waals surface area contributed by atoms with Crippen LogP contribution in [0.3, 0.4) is 0 Å². The topological polar surface area (TPSA) is 258 Å². The lowest BCUT2D eigenvalue weighted by Crippen LogP contribution is -2.44. The molecule has 91 heavy (non-hydrogen) atoms. The third-order valence-electron chi connectivity index (χ3n) is 17.1. The lowest BCUT2D eigenvalue weighted by Gasteiger charge is -2.26. The van der Waals surface area contributed by atoms with Gasteiger partial charge in [0.1, 0.15) is 30.0 Å². The fourth-order valence-corrected chi connectivity index (χ4v) is 12.5. The van der Waals surface area contributed by atoms with Gasteiger partial charge in [0, 0.05) is 103 Å². The van der Waals surface area contributed by atoms with E-state index in [-0.39, 0.29) is 43.6 Å². The number of rotatable bonds is 20. The number of β-amino-alcohol motifs (C(OH)–C–C–N with tert-alkyl or cyclic N) is 1. The molecule has 2 fully saturated rings. The number of carbonyl (C=O) groups excluding carboxylic acids is 2. The van der Waals surface area contributed by atoms with Gasteiger partial charge in [-0.2, -0.15) is 9.36 Å². The maximum Gasteiger partial charge on any atom is 0.246 e. The Morgan fingerprint density at radius 1 is 0.703 bits per heavy atom. The van der Waals surface area contributed by atoms with Gasteiger partial charge in [-0.1, -0.05) is 18.2 Å². The Bertz CT molecular complexity index is 3940. The number of aliphatic hydroxyl groups is 1. The lowest BCUT2D eigenvalue weighted by molar-refractivity contribution is -0.125. The summed E-state index contributed by atoms with van der Waals surface area (Å²) in [7, 11) is 6.13. The van der Waals surface area contributed by atoms with E-state index in [1.54, 1.807) is 48.3 Å². The quantitative estimate of drug-likeness (QED) is 0.0704. The van der Waals surface area contributed by atoms with Crippen LogP contribution < -0.4 is 44.0 Å². The highest BCUT2D eigenvalue weighted by molar-refractivity contribution is 7.05. The number of nitrogens with zero attached hydrogens (tertiary/aromatic N) is 15. The summed E-state index contributed by atoms with van der Waals surface area (Å²) in [4.78, 5) is 59.0. The molecule has 0 spiro atoms. The average molecular weight is 1260 g/mol. The van der Waals surface area contributed by atoms with Crippen molar-refractivity contribution in [2.75, 3.05) is 71.6 Å². The van der Waals surface area contributed by atoms with Gasteiger partial charge in [-0.15, -0.1) is 0 Å². The van der Waals surface area contributed by atoms with Crippen LogP contribution in [0, 0.1) is 13.8 Å². The van der Waals surface area contributed by atoms with E-state index in [0.29, 0.717) is 43.8 Å². The number of benzene rings is 3. The molecular formula is C64H77N17O9S. The molecular weight excluding hydrogens is 1180 g/mol. The molecule has 0 bridgehead atoms. The van der Waals surface area contributed by atoms with Gasteiger partial charge in [0.15, 0.2) is 40.3 Å². The second-order valence-corrected chi connectivity index (χ2v) is 24.5. The van der Waals surface area contributed by atoms with Crippen molar-refractivity contribution in [2.45, 2.75) is 96.4 Å². The normalized spacial score (nSPS) is 17.1. The molecule has 3 unspecified atom stereocenters. The number of aliphatic hydroxyl groups excluding tert-OH is 1. The second kappa shape index (κ2) is 27.4. The smallest absolute Gasteiger partial charge is 0.246 e. The number of aromatic nitrogens is 12. The molecule has 11 heterocycles. The molecule has 0 aliphatic carbocycles. The number of ether oxygens (including phenoxy) is 6. The van der Waals surface area contributed by atoms with Gasteiger partial charge >= 0.3 is 0 Å². The van der Waals surface area contributed by atoms with Gasteiger partial charge in [-0.05, 0) is 138 Å². The van der Waals surface area contributed by atoms with Gasteiger partial charge in [0.05, 0.1) is 28.9 Å². The summed E-state index contributed by atoms with van der Waals surface area (Å²) in [6, 6.07) is 17.9. The van der Waals surface area contributed by atoms with Gasteiger partial charge in [-0.3, -0.25) is 28.2 Å². The van der Waals surface area contributed by atoms with E-state index in [1.165, 1.54) is 17.1 Å². The number of likely N-dealkylation sites (tertiary alicyclic amines) is 1. The zero-order valence-electron chi connectivity index (χ0n) is 52.3. The molecule has 9 aromatic rings. The first kappa shape index (κ1) is 61.9. The predicted octanol–water partition coefficient (Wildman–Crippen LogP) is 6.33. The van der Waals surface area contributed by atoms with E-state index in [0.717, 1.165) is 139 Å². The summed E-state index contributed by atoms with van der Waals surface area (Å²) < 4.78 is 46.4. The number of aryl methyl sites for hydroxylation is 1. The van der Waals surface area contributed by atoms with Crippen molar-refractivity contribution in [2.24, 2.45) is 14.1 Å². The van der Waals surface area contributed by atoms with E-state index in [4.69, 9.17) is 38.4 Å². The molecule has 478 valence electrons. The van der Waals surface area contributed by atoms with Crippen LogP contribution in [0.25, 0.3) is 17.8 Å². The molecule has 2 saturated heterocycles. The SMILES string of the molecule is CC(C)(C(=O)NCCCc1ccc2c(c1)OCO2)c1nc(-n2ccnc2)ns1.Cc1c(C2CC(O)CN2CCN(C)Cc2ccc3c(c2)OCO3)nc(-n2ccnc2)n1C.Cc1c(N2CCCC2C(=O)NCCc2ccc3c(c2)OCO3)nc(-n2ccnc2)n1C. The molecule has 0 saturated carbocycles. The van der Waals surface area contributed by atoms with Crippen molar-refractivity contribution in [3.8, 4) is 52.3 Å². The summed E-state index contributed by atoms with van der Waals surface area (Å²) in [5.74, 6) is 7.75. The zero-order valence-corrected chi connectivity index (χ0v) is 53.1. The van der Waals surface area contributed by atoms with Gasteiger partial charge < -0.3 is 63.1 Å². The largest absolute Gasteiger partial charge is 0.454 e. The number of likely N-dealkylation sites (N-methyl/N-ethyl adjacent to an activating group) is 1. The number of anilines is 1. The Hall–Kier alpha value is -9.31. The van der Waals surface area contributed by atoms with Gasteiger partial charge in [0.25, 0.3) is 0 Å². The first-order chi connectivity index (χ1) is 44.1. The van der Waals surface area contributed by atoms with Crippen LogP contribution in [-0.4, -0.2) is 163 Å². The molecule has 3 atom stereocenters. The van der Waals surface area contributed by atoms with Crippen molar-refractivity contribution in [1.82, 2.24) is 77.5 Å². The van der Waals surface area contributed by atoms with Crippen molar-refractivity contribution in [3.05, 3.63) is 150 Å². The van der Waals surface area contributed by atoms with E-state index < -0.39 is 5.41 Å². The number of hydrogen-bond acceptors (Lipinski definition) is 20. The Kier molecular flexibility index (Phi) is 18.7. The van der Waals surface area contributed by atoms with Crippen molar-refractivity contribution in [3.63, 3.8) is 0 Å². The maximum absolute atomic E-state index is 13.0. The summed E-state index contributed by atoms with van der Waals surface area (Å²) in [6.45, 7) is 13.9. The molecule has 2 amide bonds. The van der Waals surface area contributed by atoms with Crippen molar-refractivity contribution in [1.29, 1.82) is 0 Å². The number of amides is 2. The second-order valence-electron chi connectivity index (χ2n) is 23.7. The first-order valence-corrected chi connectivity index (χ1v) is 31.4. The molecule has 3 aromatic carbocycles. The molecule has 0 radical (unpaired) electrons. The van der Waals surface area contributed by atoms with Gasteiger partial charge in [-0.25, -0.2) is 24.9 Å². The molecule has 27 heteroatoms. The van der Waals surface area contributed by atoms with E-state index >= 15 is 0 Å². The Morgan fingerprint density at radius 3 is 1.90 bits per heavy atom. The third kappa shape index (κ3) is 13.9. The van der Waals surface area contributed by atoms with Crippen LogP contribution >= 0.6 is 11.5 Å².